The van der Waals surface area contributed by atoms with Gasteiger partial charge < -0.3 is 16.2 Å². The topological polar surface area (TPSA) is 58.3 Å². The van der Waals surface area contributed by atoms with Crippen LogP contribution in [0.1, 0.15) is 16.5 Å². The summed E-state index contributed by atoms with van der Waals surface area (Å²) < 4.78 is 0. The van der Waals surface area contributed by atoms with Gasteiger partial charge >= 0.3 is 0 Å². The number of nitrogens with two attached hydrogens (primary N) is 1. The van der Waals surface area contributed by atoms with Gasteiger partial charge in [-0.15, -0.1) is 11.3 Å². The molecule has 3 nitrogen and oxygen atoms in total. The lowest BCUT2D eigenvalue weighted by atomic mass is 10.1. The van der Waals surface area contributed by atoms with Crippen molar-refractivity contribution in [3.05, 3.63) is 52.2 Å². The third-order valence-corrected chi connectivity index (χ3v) is 3.61. The fourth-order valence-corrected chi connectivity index (χ4v) is 2.43. The minimum absolute atomic E-state index is 0.0438. The van der Waals surface area contributed by atoms with Crippen molar-refractivity contribution in [3.8, 4) is 0 Å². The van der Waals surface area contributed by atoms with Gasteiger partial charge in [0, 0.05) is 17.1 Å². The van der Waals surface area contributed by atoms with Crippen LogP contribution >= 0.6 is 11.3 Å². The summed E-state index contributed by atoms with van der Waals surface area (Å²) in [7, 11) is 0. The summed E-state index contributed by atoms with van der Waals surface area (Å²) in [5.74, 6) is 0. The number of rotatable bonds is 5. The Morgan fingerprint density at radius 2 is 2.00 bits per heavy atom. The summed E-state index contributed by atoms with van der Waals surface area (Å²) in [4.78, 5) is 1.11. The number of aliphatic hydroxyl groups is 1. The monoisotopic (exact) mass is 248 g/mol. The molecular formula is C13H16N2OS. The first-order valence-corrected chi connectivity index (χ1v) is 6.40. The molecule has 0 bridgehead atoms. The highest BCUT2D eigenvalue weighted by molar-refractivity contribution is 7.10. The van der Waals surface area contributed by atoms with Gasteiger partial charge in [-0.05, 0) is 17.0 Å². The van der Waals surface area contributed by atoms with Crippen LogP contribution in [0.4, 0.5) is 5.69 Å². The molecule has 2 rings (SSSR count). The van der Waals surface area contributed by atoms with Gasteiger partial charge in [-0.25, -0.2) is 0 Å². The average Bonchev–Trinajstić information content (AvgIpc) is 2.77. The summed E-state index contributed by atoms with van der Waals surface area (Å²) >= 11 is 1.63. The Morgan fingerprint density at radius 1 is 1.24 bits per heavy atom. The minimum atomic E-state index is -0.0438. The van der Waals surface area contributed by atoms with Crippen molar-refractivity contribution in [1.82, 2.24) is 5.32 Å². The molecule has 1 aromatic carbocycles. The normalized spacial score (nSPS) is 12.5. The van der Waals surface area contributed by atoms with Crippen LogP contribution in [-0.4, -0.2) is 11.7 Å². The Balaban J connectivity index is 1.99. The average molecular weight is 248 g/mol. The first kappa shape index (κ1) is 12.1. The Hall–Kier alpha value is -1.36. The van der Waals surface area contributed by atoms with E-state index in [-0.39, 0.29) is 12.6 Å². The molecule has 1 heterocycles. The highest BCUT2D eigenvalue weighted by atomic mass is 32.1. The number of hydrogen-bond donors (Lipinski definition) is 3. The second-order valence-corrected chi connectivity index (χ2v) is 4.83. The van der Waals surface area contributed by atoms with Crippen LogP contribution in [0.3, 0.4) is 0 Å². The lowest BCUT2D eigenvalue weighted by Crippen LogP contribution is -2.23. The van der Waals surface area contributed by atoms with E-state index in [0.717, 1.165) is 16.1 Å². The van der Waals surface area contributed by atoms with Crippen LogP contribution < -0.4 is 11.1 Å². The Morgan fingerprint density at radius 3 is 2.59 bits per heavy atom. The first-order valence-electron chi connectivity index (χ1n) is 5.52. The molecule has 0 aliphatic carbocycles. The van der Waals surface area contributed by atoms with Crippen molar-refractivity contribution >= 4 is 17.0 Å². The number of anilines is 1. The predicted octanol–water partition coefficient (Wildman–Crippen LogP) is 2.15. The fourth-order valence-electron chi connectivity index (χ4n) is 1.68. The highest BCUT2D eigenvalue weighted by Crippen LogP contribution is 2.20. The third kappa shape index (κ3) is 3.06. The molecule has 0 aliphatic rings. The second kappa shape index (κ2) is 5.82. The molecule has 2 aromatic rings. The van der Waals surface area contributed by atoms with Crippen molar-refractivity contribution < 1.29 is 5.11 Å². The van der Waals surface area contributed by atoms with E-state index >= 15 is 0 Å². The van der Waals surface area contributed by atoms with Crippen molar-refractivity contribution in [2.75, 3.05) is 12.3 Å². The van der Waals surface area contributed by atoms with E-state index in [1.165, 1.54) is 0 Å². The van der Waals surface area contributed by atoms with Crippen LogP contribution in [0.15, 0.2) is 41.8 Å². The van der Waals surface area contributed by atoms with Crippen molar-refractivity contribution in [2.45, 2.75) is 12.6 Å². The minimum Gasteiger partial charge on any atom is -0.398 e. The van der Waals surface area contributed by atoms with Crippen molar-refractivity contribution in [1.29, 1.82) is 0 Å². The van der Waals surface area contributed by atoms with Gasteiger partial charge in [0.05, 0.1) is 12.6 Å². The molecule has 4 heteroatoms. The molecule has 0 amide bonds. The van der Waals surface area contributed by atoms with Gasteiger partial charge in [0.1, 0.15) is 0 Å². The zero-order chi connectivity index (χ0) is 12.1. The van der Waals surface area contributed by atoms with E-state index in [2.05, 4.69) is 5.32 Å². The molecule has 1 atom stereocenters. The Bertz CT molecular complexity index is 455. The predicted molar refractivity (Wildman–Crippen MR) is 71.8 cm³/mol. The Labute approximate surface area is 105 Å². The number of benzene rings is 1. The molecule has 0 fully saturated rings. The van der Waals surface area contributed by atoms with E-state index in [0.29, 0.717) is 6.54 Å². The number of thiophene rings is 1. The van der Waals surface area contributed by atoms with E-state index in [1.54, 1.807) is 11.3 Å². The highest BCUT2D eigenvalue weighted by Gasteiger charge is 2.10. The van der Waals surface area contributed by atoms with Gasteiger partial charge in [-0.1, -0.05) is 30.3 Å². The van der Waals surface area contributed by atoms with Gasteiger partial charge in [0.15, 0.2) is 0 Å². The zero-order valence-electron chi connectivity index (χ0n) is 9.47. The summed E-state index contributed by atoms with van der Waals surface area (Å²) in [5.41, 5.74) is 7.72. The van der Waals surface area contributed by atoms with Crippen LogP contribution in [0.5, 0.6) is 0 Å². The number of hydrogen-bond acceptors (Lipinski definition) is 4. The van der Waals surface area contributed by atoms with Crippen LogP contribution in [0.25, 0.3) is 0 Å². The molecule has 0 spiro atoms. The summed E-state index contributed by atoms with van der Waals surface area (Å²) in [6.45, 7) is 0.763. The molecule has 1 aromatic heterocycles. The first-order chi connectivity index (χ1) is 8.31. The van der Waals surface area contributed by atoms with E-state index in [1.807, 2.05) is 41.8 Å². The molecule has 90 valence electrons. The summed E-state index contributed by atoms with van der Waals surface area (Å²) in [5, 5.41) is 14.7. The maximum absolute atomic E-state index is 9.39. The second-order valence-electron chi connectivity index (χ2n) is 3.83. The smallest absolute Gasteiger partial charge is 0.0626 e. The number of aliphatic hydroxyl groups excluding tert-OH is 1. The summed E-state index contributed by atoms with van der Waals surface area (Å²) in [6, 6.07) is 11.8. The Kier molecular flexibility index (Phi) is 4.14. The molecule has 4 N–H and O–H groups in total. The molecule has 0 saturated carbocycles. The van der Waals surface area contributed by atoms with E-state index < -0.39 is 0 Å². The maximum Gasteiger partial charge on any atom is 0.0626 e. The molecule has 17 heavy (non-hydrogen) atoms. The van der Waals surface area contributed by atoms with E-state index in [4.69, 9.17) is 5.73 Å². The van der Waals surface area contributed by atoms with Crippen molar-refractivity contribution in [2.24, 2.45) is 0 Å². The van der Waals surface area contributed by atoms with Gasteiger partial charge in [0.25, 0.3) is 0 Å². The number of nitrogens with one attached hydrogen (secondary N) is 1. The quantitative estimate of drug-likeness (QED) is 0.760. The molecule has 0 aliphatic heterocycles. The fraction of sp³-hybridized carbons (Fsp3) is 0.231. The maximum atomic E-state index is 9.39. The largest absolute Gasteiger partial charge is 0.398 e. The van der Waals surface area contributed by atoms with Crippen molar-refractivity contribution in [3.63, 3.8) is 0 Å². The lowest BCUT2D eigenvalue weighted by molar-refractivity contribution is 0.244. The standard InChI is InChI=1S/C13H16N2OS/c14-11-6-7-17-13(11)8-15-12(9-16)10-4-2-1-3-5-10/h1-7,12,15-16H,8-9,14H2. The summed E-state index contributed by atoms with van der Waals surface area (Å²) in [6.07, 6.45) is 0. The van der Waals surface area contributed by atoms with Gasteiger partial charge in [-0.2, -0.15) is 0 Å². The number of nitrogen functional groups attached to an aromatic ring is 1. The molecule has 0 radical (unpaired) electrons. The van der Waals surface area contributed by atoms with Crippen LogP contribution in [-0.2, 0) is 6.54 Å². The third-order valence-electron chi connectivity index (χ3n) is 2.67. The zero-order valence-corrected chi connectivity index (χ0v) is 10.3. The van der Waals surface area contributed by atoms with Crippen LogP contribution in [0.2, 0.25) is 0 Å². The van der Waals surface area contributed by atoms with Gasteiger partial charge in [0.2, 0.25) is 0 Å². The lowest BCUT2D eigenvalue weighted by Gasteiger charge is -2.16. The van der Waals surface area contributed by atoms with E-state index in [9.17, 15) is 5.11 Å². The van der Waals surface area contributed by atoms with Crippen LogP contribution in [0, 0.1) is 0 Å². The molecule has 1 unspecified atom stereocenters. The molecule has 0 saturated heterocycles. The molecular weight excluding hydrogens is 232 g/mol. The van der Waals surface area contributed by atoms with Gasteiger partial charge in [-0.3, -0.25) is 0 Å². The SMILES string of the molecule is Nc1ccsc1CNC(CO)c1ccccc1.